The Hall–Kier alpha value is -3.02. The summed E-state index contributed by atoms with van der Waals surface area (Å²) in [5.41, 5.74) is 3.63. The van der Waals surface area contributed by atoms with Crippen molar-refractivity contribution in [3.05, 3.63) is 53.6 Å². The van der Waals surface area contributed by atoms with Crippen molar-refractivity contribution in [3.63, 3.8) is 0 Å². The number of anilines is 2. The first-order valence-corrected chi connectivity index (χ1v) is 9.49. The van der Waals surface area contributed by atoms with Gasteiger partial charge in [0, 0.05) is 24.5 Å². The number of methoxy groups -OCH3 is 1. The molecule has 1 amide bonds. The molecule has 0 aliphatic carbocycles. The number of carbonyl (C=O) groups is 2. The van der Waals surface area contributed by atoms with Crippen LogP contribution in [0.2, 0.25) is 0 Å². The molecule has 0 radical (unpaired) electrons. The second-order valence-electron chi connectivity index (χ2n) is 6.93. The molecule has 1 N–H and O–H groups in total. The van der Waals surface area contributed by atoms with E-state index in [1.807, 2.05) is 43.3 Å². The molecule has 6 heteroatoms. The Balaban J connectivity index is 1.45. The van der Waals surface area contributed by atoms with Crippen LogP contribution in [0.15, 0.2) is 42.5 Å². The molecule has 1 saturated heterocycles. The molecule has 2 aromatic rings. The Kier molecular flexibility index (Phi) is 6.53. The predicted molar refractivity (Wildman–Crippen MR) is 109 cm³/mol. The molecule has 0 unspecified atom stereocenters. The number of aryl methyl sites for hydroxylation is 1. The minimum atomic E-state index is -0.453. The van der Waals surface area contributed by atoms with Crippen LogP contribution in [-0.2, 0) is 20.7 Å². The predicted octanol–water partition coefficient (Wildman–Crippen LogP) is 3.33. The number of nitrogens with one attached hydrogen (secondary N) is 1. The van der Waals surface area contributed by atoms with Gasteiger partial charge in [0.1, 0.15) is 5.75 Å². The fraction of sp³-hybridized carbons (Fsp3) is 0.364. The van der Waals surface area contributed by atoms with Crippen LogP contribution in [-0.4, -0.2) is 38.7 Å². The van der Waals surface area contributed by atoms with Gasteiger partial charge in [0.2, 0.25) is 0 Å². The first-order valence-electron chi connectivity index (χ1n) is 9.49. The van der Waals surface area contributed by atoms with Crippen LogP contribution in [0.25, 0.3) is 0 Å². The lowest BCUT2D eigenvalue weighted by molar-refractivity contribution is -0.146. The van der Waals surface area contributed by atoms with Gasteiger partial charge in [0.05, 0.1) is 13.5 Å². The second-order valence-corrected chi connectivity index (χ2v) is 6.93. The van der Waals surface area contributed by atoms with Gasteiger partial charge in [0.15, 0.2) is 6.61 Å². The number of benzene rings is 2. The van der Waals surface area contributed by atoms with E-state index in [9.17, 15) is 9.59 Å². The van der Waals surface area contributed by atoms with Gasteiger partial charge in [-0.1, -0.05) is 12.1 Å². The largest absolute Gasteiger partial charge is 0.496 e. The highest BCUT2D eigenvalue weighted by Gasteiger charge is 2.13. The van der Waals surface area contributed by atoms with Crippen LogP contribution in [0.5, 0.6) is 5.75 Å². The van der Waals surface area contributed by atoms with Crippen LogP contribution >= 0.6 is 0 Å². The molecule has 1 aliphatic rings. The van der Waals surface area contributed by atoms with Crippen molar-refractivity contribution < 1.29 is 19.1 Å². The van der Waals surface area contributed by atoms with Crippen LogP contribution in [0.1, 0.15) is 24.0 Å². The number of amides is 1. The highest BCUT2D eigenvalue weighted by Crippen LogP contribution is 2.22. The maximum atomic E-state index is 12.0. The van der Waals surface area contributed by atoms with Crippen molar-refractivity contribution in [2.45, 2.75) is 26.2 Å². The van der Waals surface area contributed by atoms with Gasteiger partial charge >= 0.3 is 5.97 Å². The molecular formula is C22H26N2O4. The zero-order chi connectivity index (χ0) is 19.9. The summed E-state index contributed by atoms with van der Waals surface area (Å²) in [6.07, 6.45) is 2.53. The quantitative estimate of drug-likeness (QED) is 0.744. The van der Waals surface area contributed by atoms with E-state index in [1.54, 1.807) is 13.2 Å². The van der Waals surface area contributed by atoms with E-state index in [0.717, 1.165) is 35.7 Å². The third-order valence-corrected chi connectivity index (χ3v) is 4.81. The van der Waals surface area contributed by atoms with E-state index in [0.29, 0.717) is 5.69 Å². The maximum absolute atomic E-state index is 12.0. The molecule has 0 aromatic heterocycles. The first kappa shape index (κ1) is 19.7. The minimum Gasteiger partial charge on any atom is -0.496 e. The number of esters is 1. The van der Waals surface area contributed by atoms with Gasteiger partial charge in [-0.15, -0.1) is 0 Å². The summed E-state index contributed by atoms with van der Waals surface area (Å²) in [7, 11) is 1.59. The van der Waals surface area contributed by atoms with Gasteiger partial charge in [-0.05, 0) is 61.2 Å². The van der Waals surface area contributed by atoms with Crippen LogP contribution in [0.4, 0.5) is 11.4 Å². The molecule has 1 aliphatic heterocycles. The zero-order valence-electron chi connectivity index (χ0n) is 16.4. The Morgan fingerprint density at radius 2 is 1.79 bits per heavy atom. The van der Waals surface area contributed by atoms with Crippen molar-refractivity contribution in [3.8, 4) is 5.75 Å². The lowest BCUT2D eigenvalue weighted by Gasteiger charge is -2.17. The Bertz CT molecular complexity index is 827. The SMILES string of the molecule is COc1cc(CC(=O)OCC(=O)Nc2ccc(N3CCCC3)cc2)ccc1C. The average molecular weight is 382 g/mol. The van der Waals surface area contributed by atoms with E-state index in [2.05, 4.69) is 10.2 Å². The fourth-order valence-corrected chi connectivity index (χ4v) is 3.27. The highest BCUT2D eigenvalue weighted by atomic mass is 16.5. The van der Waals surface area contributed by atoms with Crippen molar-refractivity contribution in [2.75, 3.05) is 37.0 Å². The summed E-state index contributed by atoms with van der Waals surface area (Å²) in [6.45, 7) is 3.78. The highest BCUT2D eigenvalue weighted by molar-refractivity contribution is 5.93. The second kappa shape index (κ2) is 9.26. The summed E-state index contributed by atoms with van der Waals surface area (Å²) in [6, 6.07) is 13.3. The first-order chi connectivity index (χ1) is 13.5. The molecule has 6 nitrogen and oxygen atoms in total. The van der Waals surface area contributed by atoms with Crippen LogP contribution < -0.4 is 15.0 Å². The standard InChI is InChI=1S/C22H26N2O4/c1-16-5-6-17(13-20(16)27-2)14-22(26)28-15-21(25)23-18-7-9-19(10-8-18)24-11-3-4-12-24/h5-10,13H,3-4,11-12,14-15H2,1-2H3,(H,23,25). The van der Waals surface area contributed by atoms with Gasteiger partial charge in [-0.2, -0.15) is 0 Å². The summed E-state index contributed by atoms with van der Waals surface area (Å²) in [5, 5.41) is 2.75. The maximum Gasteiger partial charge on any atom is 0.310 e. The van der Waals surface area contributed by atoms with Crippen molar-refractivity contribution in [2.24, 2.45) is 0 Å². The molecule has 2 aromatic carbocycles. The molecule has 1 heterocycles. The van der Waals surface area contributed by atoms with Crippen LogP contribution in [0, 0.1) is 6.92 Å². The molecule has 28 heavy (non-hydrogen) atoms. The smallest absolute Gasteiger partial charge is 0.310 e. The summed E-state index contributed by atoms with van der Waals surface area (Å²) in [4.78, 5) is 26.4. The van der Waals surface area contributed by atoms with E-state index >= 15 is 0 Å². The fourth-order valence-electron chi connectivity index (χ4n) is 3.27. The number of ether oxygens (including phenoxy) is 2. The minimum absolute atomic E-state index is 0.0917. The zero-order valence-corrected chi connectivity index (χ0v) is 16.4. The molecule has 148 valence electrons. The van der Waals surface area contributed by atoms with Gasteiger partial charge < -0.3 is 19.7 Å². The molecule has 1 fully saturated rings. The van der Waals surface area contributed by atoms with E-state index in [-0.39, 0.29) is 18.9 Å². The molecule has 0 saturated carbocycles. The monoisotopic (exact) mass is 382 g/mol. The van der Waals surface area contributed by atoms with E-state index < -0.39 is 5.97 Å². The van der Waals surface area contributed by atoms with E-state index in [4.69, 9.17) is 9.47 Å². The molecule has 0 bridgehead atoms. The summed E-state index contributed by atoms with van der Waals surface area (Å²) < 4.78 is 10.3. The lowest BCUT2D eigenvalue weighted by atomic mass is 10.1. The third kappa shape index (κ3) is 5.25. The van der Waals surface area contributed by atoms with Gasteiger partial charge in [-0.25, -0.2) is 0 Å². The van der Waals surface area contributed by atoms with Crippen LogP contribution in [0.3, 0.4) is 0 Å². The number of hydrogen-bond acceptors (Lipinski definition) is 5. The van der Waals surface area contributed by atoms with E-state index in [1.165, 1.54) is 12.8 Å². The van der Waals surface area contributed by atoms with Crippen molar-refractivity contribution in [1.82, 2.24) is 0 Å². The number of hydrogen-bond donors (Lipinski definition) is 1. The Morgan fingerprint density at radius 3 is 2.46 bits per heavy atom. The Morgan fingerprint density at radius 1 is 1.07 bits per heavy atom. The molecular weight excluding hydrogens is 356 g/mol. The van der Waals surface area contributed by atoms with Gasteiger partial charge in [-0.3, -0.25) is 9.59 Å². The van der Waals surface area contributed by atoms with Crippen molar-refractivity contribution in [1.29, 1.82) is 0 Å². The number of carbonyl (C=O) groups excluding carboxylic acids is 2. The molecule has 3 rings (SSSR count). The summed E-state index contributed by atoms with van der Waals surface area (Å²) in [5.74, 6) is -0.0883. The van der Waals surface area contributed by atoms with Crippen molar-refractivity contribution >= 4 is 23.3 Å². The Labute approximate surface area is 165 Å². The lowest BCUT2D eigenvalue weighted by Crippen LogP contribution is -2.22. The molecule has 0 spiro atoms. The summed E-state index contributed by atoms with van der Waals surface area (Å²) >= 11 is 0. The number of rotatable bonds is 7. The molecule has 0 atom stereocenters. The normalized spacial score (nSPS) is 13.3. The number of nitrogens with zero attached hydrogens (tertiary/aromatic N) is 1. The topological polar surface area (TPSA) is 67.9 Å². The van der Waals surface area contributed by atoms with Gasteiger partial charge in [0.25, 0.3) is 5.91 Å². The average Bonchev–Trinajstić information content (AvgIpc) is 3.23. The third-order valence-electron chi connectivity index (χ3n) is 4.81.